The molecular formula is C13H16F3NO. The van der Waals surface area contributed by atoms with Crippen LogP contribution in [0, 0.1) is 17.5 Å². The molecule has 1 heterocycles. The van der Waals surface area contributed by atoms with Gasteiger partial charge in [0, 0.05) is 31.0 Å². The summed E-state index contributed by atoms with van der Waals surface area (Å²) < 4.78 is 44.0. The first-order valence-corrected chi connectivity index (χ1v) is 6.17. The molecule has 5 heteroatoms. The Balaban J connectivity index is 1.76. The predicted octanol–water partition coefficient (Wildman–Crippen LogP) is 3.48. The molecule has 100 valence electrons. The van der Waals surface area contributed by atoms with Crippen molar-refractivity contribution in [3.05, 3.63) is 29.6 Å². The van der Waals surface area contributed by atoms with Gasteiger partial charge in [0.1, 0.15) is 0 Å². The summed E-state index contributed by atoms with van der Waals surface area (Å²) in [6.07, 6.45) is 4.28. The maximum atomic E-state index is 12.9. The first-order chi connectivity index (χ1) is 8.66. The predicted molar refractivity (Wildman–Crippen MR) is 63.0 cm³/mol. The van der Waals surface area contributed by atoms with Crippen LogP contribution in [0.25, 0.3) is 0 Å². The van der Waals surface area contributed by atoms with Crippen molar-refractivity contribution >= 4 is 5.69 Å². The Morgan fingerprint density at radius 1 is 1.22 bits per heavy atom. The highest BCUT2D eigenvalue weighted by atomic mass is 19.2. The van der Waals surface area contributed by atoms with E-state index < -0.39 is 17.5 Å². The fraction of sp³-hybridized carbons (Fsp3) is 0.538. The molecule has 0 aromatic heterocycles. The number of nitrogens with one attached hydrogen (secondary N) is 1. The molecule has 1 fully saturated rings. The Hall–Kier alpha value is -1.23. The molecule has 18 heavy (non-hydrogen) atoms. The van der Waals surface area contributed by atoms with Crippen molar-refractivity contribution in [2.24, 2.45) is 0 Å². The maximum absolute atomic E-state index is 12.9. The SMILES string of the molecule is Fc1cc(NCCCC2CCCO2)cc(F)c1F. The molecule has 0 saturated carbocycles. The lowest BCUT2D eigenvalue weighted by Gasteiger charge is -2.10. The minimum absolute atomic E-state index is 0.263. The van der Waals surface area contributed by atoms with Gasteiger partial charge in [-0.3, -0.25) is 0 Å². The maximum Gasteiger partial charge on any atom is 0.194 e. The topological polar surface area (TPSA) is 21.3 Å². The van der Waals surface area contributed by atoms with Crippen LogP contribution in [-0.4, -0.2) is 19.3 Å². The first-order valence-electron chi connectivity index (χ1n) is 6.17. The third kappa shape index (κ3) is 3.38. The highest BCUT2D eigenvalue weighted by Gasteiger charge is 2.14. The lowest BCUT2D eigenvalue weighted by Crippen LogP contribution is -2.09. The van der Waals surface area contributed by atoms with Crippen molar-refractivity contribution in [1.82, 2.24) is 0 Å². The van der Waals surface area contributed by atoms with Gasteiger partial charge in [-0.2, -0.15) is 0 Å². The van der Waals surface area contributed by atoms with Gasteiger partial charge in [0.25, 0.3) is 0 Å². The van der Waals surface area contributed by atoms with Crippen molar-refractivity contribution in [3.8, 4) is 0 Å². The van der Waals surface area contributed by atoms with Crippen LogP contribution in [-0.2, 0) is 4.74 Å². The molecule has 1 N–H and O–H groups in total. The summed E-state index contributed by atoms with van der Waals surface area (Å²) in [5.41, 5.74) is 0.263. The molecule has 1 unspecified atom stereocenters. The van der Waals surface area contributed by atoms with Crippen molar-refractivity contribution < 1.29 is 17.9 Å². The summed E-state index contributed by atoms with van der Waals surface area (Å²) in [7, 11) is 0. The van der Waals surface area contributed by atoms with E-state index in [9.17, 15) is 13.2 Å². The largest absolute Gasteiger partial charge is 0.385 e. The van der Waals surface area contributed by atoms with Gasteiger partial charge in [-0.15, -0.1) is 0 Å². The number of benzene rings is 1. The first kappa shape index (κ1) is 13.2. The molecule has 2 nitrogen and oxygen atoms in total. The molecule has 1 aromatic rings. The third-order valence-corrected chi connectivity index (χ3v) is 3.04. The van der Waals surface area contributed by atoms with E-state index in [2.05, 4.69) is 5.32 Å². The zero-order valence-corrected chi connectivity index (χ0v) is 10.0. The zero-order chi connectivity index (χ0) is 13.0. The summed E-state index contributed by atoms with van der Waals surface area (Å²) in [5.74, 6) is -3.77. The number of hydrogen-bond acceptors (Lipinski definition) is 2. The van der Waals surface area contributed by atoms with Crippen LogP contribution < -0.4 is 5.32 Å². The molecule has 0 spiro atoms. The summed E-state index contributed by atoms with van der Waals surface area (Å²) in [4.78, 5) is 0. The van der Waals surface area contributed by atoms with Crippen molar-refractivity contribution in [2.75, 3.05) is 18.5 Å². The van der Waals surface area contributed by atoms with E-state index in [1.54, 1.807) is 0 Å². The Bertz CT molecular complexity index is 382. The minimum atomic E-state index is -1.43. The van der Waals surface area contributed by atoms with Crippen LogP contribution in [0.2, 0.25) is 0 Å². The third-order valence-electron chi connectivity index (χ3n) is 3.04. The smallest absolute Gasteiger partial charge is 0.194 e. The van der Waals surface area contributed by atoms with Gasteiger partial charge in [0.15, 0.2) is 17.5 Å². The van der Waals surface area contributed by atoms with E-state index in [0.717, 1.165) is 44.4 Å². The highest BCUT2D eigenvalue weighted by Crippen LogP contribution is 2.19. The minimum Gasteiger partial charge on any atom is -0.385 e. The number of rotatable bonds is 5. The van der Waals surface area contributed by atoms with Gasteiger partial charge in [-0.1, -0.05) is 0 Å². The van der Waals surface area contributed by atoms with E-state index in [4.69, 9.17) is 4.74 Å². The van der Waals surface area contributed by atoms with Gasteiger partial charge in [-0.05, 0) is 25.7 Å². The molecule has 1 aliphatic heterocycles. The Morgan fingerprint density at radius 3 is 2.56 bits per heavy atom. The van der Waals surface area contributed by atoms with Crippen LogP contribution in [0.15, 0.2) is 12.1 Å². The summed E-state index contributed by atoms with van der Waals surface area (Å²) in [6.45, 7) is 1.41. The highest BCUT2D eigenvalue weighted by molar-refractivity contribution is 5.43. The van der Waals surface area contributed by atoms with Crippen molar-refractivity contribution in [3.63, 3.8) is 0 Å². The van der Waals surface area contributed by atoms with Crippen LogP contribution in [0.4, 0.5) is 18.9 Å². The molecule has 0 bridgehead atoms. The number of ether oxygens (including phenoxy) is 1. The number of halogens is 3. The molecule has 1 aromatic carbocycles. The Kier molecular flexibility index (Phi) is 4.47. The van der Waals surface area contributed by atoms with E-state index in [1.807, 2.05) is 0 Å². The summed E-state index contributed by atoms with van der Waals surface area (Å²) in [6, 6.07) is 1.93. The van der Waals surface area contributed by atoms with Crippen molar-refractivity contribution in [1.29, 1.82) is 0 Å². The van der Waals surface area contributed by atoms with Crippen molar-refractivity contribution in [2.45, 2.75) is 31.8 Å². The average Bonchev–Trinajstić information content (AvgIpc) is 2.84. The van der Waals surface area contributed by atoms with Gasteiger partial charge in [0.05, 0.1) is 6.10 Å². The Morgan fingerprint density at radius 2 is 1.94 bits per heavy atom. The molecule has 1 aliphatic rings. The van der Waals surface area contributed by atoms with Gasteiger partial charge < -0.3 is 10.1 Å². The second-order valence-electron chi connectivity index (χ2n) is 4.46. The van der Waals surface area contributed by atoms with E-state index in [-0.39, 0.29) is 5.69 Å². The van der Waals surface area contributed by atoms with Crippen LogP contribution >= 0.6 is 0 Å². The summed E-state index contributed by atoms with van der Waals surface area (Å²) >= 11 is 0. The fourth-order valence-corrected chi connectivity index (χ4v) is 2.09. The monoisotopic (exact) mass is 259 g/mol. The summed E-state index contributed by atoms with van der Waals surface area (Å²) in [5, 5.41) is 2.88. The van der Waals surface area contributed by atoms with Gasteiger partial charge in [0.2, 0.25) is 0 Å². The van der Waals surface area contributed by atoms with Crippen LogP contribution in [0.5, 0.6) is 0 Å². The van der Waals surface area contributed by atoms with Crippen LogP contribution in [0.1, 0.15) is 25.7 Å². The zero-order valence-electron chi connectivity index (χ0n) is 10.0. The normalized spacial score (nSPS) is 19.2. The molecule has 1 atom stereocenters. The molecule has 0 radical (unpaired) electrons. The molecule has 0 amide bonds. The van der Waals surface area contributed by atoms with E-state index in [0.29, 0.717) is 12.6 Å². The van der Waals surface area contributed by atoms with Crippen LogP contribution in [0.3, 0.4) is 0 Å². The second-order valence-corrected chi connectivity index (χ2v) is 4.46. The molecular weight excluding hydrogens is 243 g/mol. The average molecular weight is 259 g/mol. The molecule has 1 saturated heterocycles. The standard InChI is InChI=1S/C13H16F3NO/c14-11-7-9(8-12(15)13(11)16)17-5-1-3-10-4-2-6-18-10/h7-8,10,17H,1-6H2. The lowest BCUT2D eigenvalue weighted by atomic mass is 10.1. The van der Waals surface area contributed by atoms with Gasteiger partial charge in [-0.25, -0.2) is 13.2 Å². The van der Waals surface area contributed by atoms with E-state index >= 15 is 0 Å². The molecule has 0 aliphatic carbocycles. The number of hydrogen-bond donors (Lipinski definition) is 1. The van der Waals surface area contributed by atoms with E-state index in [1.165, 1.54) is 0 Å². The van der Waals surface area contributed by atoms with Gasteiger partial charge >= 0.3 is 0 Å². The lowest BCUT2D eigenvalue weighted by molar-refractivity contribution is 0.103. The fourth-order valence-electron chi connectivity index (χ4n) is 2.09. The number of anilines is 1. The Labute approximate surface area is 104 Å². The quantitative estimate of drug-likeness (QED) is 0.645. The molecule has 2 rings (SSSR count). The second kappa shape index (κ2) is 6.09.